The predicted octanol–water partition coefficient (Wildman–Crippen LogP) is 3.16. The highest BCUT2D eigenvalue weighted by atomic mass is 14.9. The Labute approximate surface area is 101 Å². The Hall–Kier alpha value is -2.08. The van der Waals surface area contributed by atoms with Crippen molar-refractivity contribution in [1.29, 1.82) is 5.26 Å². The highest BCUT2D eigenvalue weighted by molar-refractivity contribution is 5.96. The van der Waals surface area contributed by atoms with Crippen molar-refractivity contribution in [3.63, 3.8) is 0 Å². The van der Waals surface area contributed by atoms with Crippen LogP contribution >= 0.6 is 0 Å². The molecule has 0 saturated heterocycles. The van der Waals surface area contributed by atoms with Crippen LogP contribution in [-0.4, -0.2) is 11.5 Å². The molecule has 1 aromatic carbocycles. The normalized spacial score (nSPS) is 10.2. The van der Waals surface area contributed by atoms with E-state index in [9.17, 15) is 0 Å². The van der Waals surface area contributed by atoms with Crippen LogP contribution in [0, 0.1) is 25.2 Å². The maximum absolute atomic E-state index is 9.11. The number of hydrogen-bond donors (Lipinski definition) is 1. The summed E-state index contributed by atoms with van der Waals surface area (Å²) in [6.45, 7) is 6.92. The first kappa shape index (κ1) is 11.4. The van der Waals surface area contributed by atoms with E-state index in [-0.39, 0.29) is 0 Å². The quantitative estimate of drug-likeness (QED) is 0.854. The first-order valence-corrected chi connectivity index (χ1v) is 5.71. The molecule has 2 rings (SSSR count). The van der Waals surface area contributed by atoms with Crippen LogP contribution in [0.2, 0.25) is 0 Å². The number of anilines is 1. The molecular formula is C14H15N3. The first-order valence-electron chi connectivity index (χ1n) is 5.71. The van der Waals surface area contributed by atoms with Crippen LogP contribution in [-0.2, 0) is 0 Å². The van der Waals surface area contributed by atoms with Gasteiger partial charge in [-0.2, -0.15) is 5.26 Å². The number of aryl methyl sites for hydroxylation is 2. The minimum absolute atomic E-state index is 0.601. The second kappa shape index (κ2) is 4.42. The smallest absolute Gasteiger partial charge is 0.103 e. The van der Waals surface area contributed by atoms with E-state index >= 15 is 0 Å². The summed E-state index contributed by atoms with van der Waals surface area (Å²) in [6, 6.07) is 6.37. The molecule has 0 aliphatic carbocycles. The zero-order valence-electron chi connectivity index (χ0n) is 10.3. The number of pyridine rings is 1. The number of fused-ring (bicyclic) bond motifs is 1. The number of nitrogens with zero attached hydrogens (tertiary/aromatic N) is 2. The Kier molecular flexibility index (Phi) is 2.97. The molecule has 3 heteroatoms. The van der Waals surface area contributed by atoms with E-state index in [2.05, 4.69) is 35.4 Å². The van der Waals surface area contributed by atoms with Gasteiger partial charge in [-0.25, -0.2) is 0 Å². The number of nitriles is 1. The molecule has 2 aromatic rings. The lowest BCUT2D eigenvalue weighted by molar-refractivity contribution is 1.20. The van der Waals surface area contributed by atoms with Crippen LogP contribution in [0.25, 0.3) is 10.9 Å². The maximum atomic E-state index is 9.11. The molecule has 0 spiro atoms. The lowest BCUT2D eigenvalue weighted by atomic mass is 10.0. The fraction of sp³-hybridized carbons (Fsp3) is 0.286. The molecule has 1 N–H and O–H groups in total. The second-order valence-corrected chi connectivity index (χ2v) is 4.17. The van der Waals surface area contributed by atoms with E-state index in [1.54, 1.807) is 6.20 Å². The summed E-state index contributed by atoms with van der Waals surface area (Å²) in [5, 5.41) is 13.4. The van der Waals surface area contributed by atoms with E-state index < -0.39 is 0 Å². The molecule has 0 amide bonds. The molecule has 17 heavy (non-hydrogen) atoms. The van der Waals surface area contributed by atoms with Crippen LogP contribution < -0.4 is 5.32 Å². The highest BCUT2D eigenvalue weighted by Crippen LogP contribution is 2.28. The second-order valence-electron chi connectivity index (χ2n) is 4.17. The maximum Gasteiger partial charge on any atom is 0.103 e. The van der Waals surface area contributed by atoms with E-state index in [1.807, 2.05) is 13.8 Å². The molecule has 0 radical (unpaired) electrons. The van der Waals surface area contributed by atoms with Gasteiger partial charge >= 0.3 is 0 Å². The Morgan fingerprint density at radius 3 is 2.76 bits per heavy atom. The van der Waals surface area contributed by atoms with Gasteiger partial charge in [0.25, 0.3) is 0 Å². The Bertz CT molecular complexity index is 609. The van der Waals surface area contributed by atoms with E-state index in [0.29, 0.717) is 5.56 Å². The zero-order chi connectivity index (χ0) is 12.4. The molecule has 86 valence electrons. The van der Waals surface area contributed by atoms with Gasteiger partial charge in [-0.3, -0.25) is 4.98 Å². The molecule has 3 nitrogen and oxygen atoms in total. The summed E-state index contributed by atoms with van der Waals surface area (Å²) in [5.74, 6) is 0. The van der Waals surface area contributed by atoms with Crippen LogP contribution in [0.15, 0.2) is 18.3 Å². The van der Waals surface area contributed by atoms with Crippen molar-refractivity contribution in [3.05, 3.63) is 35.0 Å². The number of nitrogens with one attached hydrogen (secondary N) is 1. The minimum atomic E-state index is 0.601. The lowest BCUT2D eigenvalue weighted by Crippen LogP contribution is -2.02. The fourth-order valence-corrected chi connectivity index (χ4v) is 2.11. The molecule has 0 saturated carbocycles. The average molecular weight is 225 g/mol. The van der Waals surface area contributed by atoms with Gasteiger partial charge in [-0.1, -0.05) is 11.6 Å². The van der Waals surface area contributed by atoms with Crippen molar-refractivity contribution < 1.29 is 0 Å². The highest BCUT2D eigenvalue weighted by Gasteiger charge is 2.09. The molecule has 1 aromatic heterocycles. The Morgan fingerprint density at radius 2 is 2.12 bits per heavy atom. The van der Waals surface area contributed by atoms with Crippen molar-refractivity contribution in [1.82, 2.24) is 4.98 Å². The number of benzene rings is 1. The van der Waals surface area contributed by atoms with Crippen molar-refractivity contribution in [2.75, 3.05) is 11.9 Å². The third-order valence-electron chi connectivity index (χ3n) is 2.78. The van der Waals surface area contributed by atoms with E-state index in [0.717, 1.165) is 28.7 Å². The van der Waals surface area contributed by atoms with Gasteiger partial charge in [0.05, 0.1) is 16.8 Å². The molecular weight excluding hydrogens is 210 g/mol. The SMILES string of the molecule is CCNc1c(C#N)cnc2c(C)cc(C)cc12. The van der Waals surface area contributed by atoms with Crippen molar-refractivity contribution in [2.45, 2.75) is 20.8 Å². The Morgan fingerprint density at radius 1 is 1.35 bits per heavy atom. The number of aromatic nitrogens is 1. The van der Waals surface area contributed by atoms with Gasteiger partial charge in [0.1, 0.15) is 6.07 Å². The van der Waals surface area contributed by atoms with Gasteiger partial charge in [-0.15, -0.1) is 0 Å². The summed E-state index contributed by atoms with van der Waals surface area (Å²) in [4.78, 5) is 4.37. The van der Waals surface area contributed by atoms with Gasteiger partial charge in [0.15, 0.2) is 0 Å². The summed E-state index contributed by atoms with van der Waals surface area (Å²) in [7, 11) is 0. The average Bonchev–Trinajstić information content (AvgIpc) is 2.30. The summed E-state index contributed by atoms with van der Waals surface area (Å²) in [6.07, 6.45) is 1.64. The minimum Gasteiger partial charge on any atom is -0.384 e. The monoisotopic (exact) mass is 225 g/mol. The molecule has 0 bridgehead atoms. The summed E-state index contributed by atoms with van der Waals surface area (Å²) in [5.41, 5.74) is 4.79. The largest absolute Gasteiger partial charge is 0.384 e. The van der Waals surface area contributed by atoms with Gasteiger partial charge in [0.2, 0.25) is 0 Å². The number of rotatable bonds is 2. The first-order chi connectivity index (χ1) is 8.17. The van der Waals surface area contributed by atoms with Crippen molar-refractivity contribution >= 4 is 16.6 Å². The number of hydrogen-bond acceptors (Lipinski definition) is 3. The van der Waals surface area contributed by atoms with Crippen molar-refractivity contribution in [2.24, 2.45) is 0 Å². The van der Waals surface area contributed by atoms with Gasteiger partial charge < -0.3 is 5.32 Å². The molecule has 1 heterocycles. The summed E-state index contributed by atoms with van der Waals surface area (Å²) >= 11 is 0. The van der Waals surface area contributed by atoms with Gasteiger partial charge in [0, 0.05) is 18.1 Å². The third-order valence-corrected chi connectivity index (χ3v) is 2.78. The molecule has 0 aliphatic rings. The standard InChI is InChI=1S/C14H15N3/c1-4-16-14-11(7-15)8-17-13-10(3)5-9(2)6-12(13)14/h5-6,8H,4H2,1-3H3,(H,16,17). The zero-order valence-corrected chi connectivity index (χ0v) is 10.3. The van der Waals surface area contributed by atoms with E-state index in [4.69, 9.17) is 5.26 Å². The molecule has 0 aliphatic heterocycles. The molecule has 0 unspecified atom stereocenters. The third kappa shape index (κ3) is 1.94. The van der Waals surface area contributed by atoms with Crippen LogP contribution in [0.4, 0.5) is 5.69 Å². The Balaban J connectivity index is 2.84. The lowest BCUT2D eigenvalue weighted by Gasteiger charge is -2.11. The van der Waals surface area contributed by atoms with Gasteiger partial charge in [-0.05, 0) is 32.4 Å². The molecule has 0 atom stereocenters. The van der Waals surface area contributed by atoms with Crippen LogP contribution in [0.3, 0.4) is 0 Å². The van der Waals surface area contributed by atoms with Crippen LogP contribution in [0.1, 0.15) is 23.6 Å². The van der Waals surface area contributed by atoms with Crippen LogP contribution in [0.5, 0.6) is 0 Å². The van der Waals surface area contributed by atoms with E-state index in [1.165, 1.54) is 5.56 Å². The predicted molar refractivity (Wildman–Crippen MR) is 70.1 cm³/mol. The molecule has 0 fully saturated rings. The topological polar surface area (TPSA) is 48.7 Å². The fourth-order valence-electron chi connectivity index (χ4n) is 2.11. The summed E-state index contributed by atoms with van der Waals surface area (Å²) < 4.78 is 0. The van der Waals surface area contributed by atoms with Crippen molar-refractivity contribution in [3.8, 4) is 6.07 Å².